The van der Waals surface area contributed by atoms with Gasteiger partial charge in [0, 0.05) is 44.6 Å². The third-order valence-corrected chi connectivity index (χ3v) is 4.66. The van der Waals surface area contributed by atoms with Crippen molar-refractivity contribution < 1.29 is 14.3 Å². The maximum absolute atomic E-state index is 12.5. The molecule has 3 rings (SSSR count). The van der Waals surface area contributed by atoms with Crippen LogP contribution in [0.3, 0.4) is 0 Å². The molecule has 0 radical (unpaired) electrons. The molecule has 0 aliphatic carbocycles. The minimum Gasteiger partial charge on any atom is -0.497 e. The number of nitrogens with one attached hydrogen (secondary N) is 1. The first-order valence-electron chi connectivity index (χ1n) is 8.97. The topological polar surface area (TPSA) is 79.8 Å². The molecule has 0 atom stereocenters. The Hall–Kier alpha value is -2.87. The van der Waals surface area contributed by atoms with Crippen molar-refractivity contribution in [3.63, 3.8) is 0 Å². The number of nitrogens with zero attached hydrogens (tertiary/aromatic N) is 4. The standard InChI is InChI=1S/C19H25N5O3/c1-4-23-7-9-24(10-8-23)19-20-12-14(13-21-19)18(25)22-16-11-15(26-2)5-6-17(16)27-3/h5-6,11-13H,4,7-10H2,1-3H3,(H,22,25). The molecule has 144 valence electrons. The third kappa shape index (κ3) is 4.46. The summed E-state index contributed by atoms with van der Waals surface area (Å²) in [5, 5.41) is 2.82. The third-order valence-electron chi connectivity index (χ3n) is 4.66. The van der Waals surface area contributed by atoms with Crippen LogP contribution in [0, 0.1) is 0 Å². The van der Waals surface area contributed by atoms with Gasteiger partial charge in [-0.25, -0.2) is 9.97 Å². The van der Waals surface area contributed by atoms with Crippen LogP contribution in [0.25, 0.3) is 0 Å². The Labute approximate surface area is 159 Å². The van der Waals surface area contributed by atoms with Crippen molar-refractivity contribution in [2.75, 3.05) is 57.2 Å². The van der Waals surface area contributed by atoms with Gasteiger partial charge in [0.05, 0.1) is 25.5 Å². The highest BCUT2D eigenvalue weighted by molar-refractivity contribution is 6.04. The summed E-state index contributed by atoms with van der Waals surface area (Å²) in [6, 6.07) is 5.22. The number of anilines is 2. The number of amides is 1. The second kappa shape index (κ2) is 8.68. The number of carbonyl (C=O) groups is 1. The fraction of sp³-hybridized carbons (Fsp3) is 0.421. The molecular weight excluding hydrogens is 346 g/mol. The van der Waals surface area contributed by atoms with Crippen molar-refractivity contribution in [2.45, 2.75) is 6.92 Å². The maximum atomic E-state index is 12.5. The molecule has 27 heavy (non-hydrogen) atoms. The molecule has 0 spiro atoms. The van der Waals surface area contributed by atoms with E-state index in [1.165, 1.54) is 0 Å². The quantitative estimate of drug-likeness (QED) is 0.830. The van der Waals surface area contributed by atoms with E-state index in [9.17, 15) is 4.79 Å². The molecule has 1 aliphatic rings. The van der Waals surface area contributed by atoms with Crippen molar-refractivity contribution in [3.8, 4) is 11.5 Å². The number of ether oxygens (including phenoxy) is 2. The lowest BCUT2D eigenvalue weighted by Crippen LogP contribution is -2.46. The van der Waals surface area contributed by atoms with Crippen molar-refractivity contribution >= 4 is 17.5 Å². The van der Waals surface area contributed by atoms with E-state index >= 15 is 0 Å². The van der Waals surface area contributed by atoms with E-state index in [1.807, 2.05) is 0 Å². The van der Waals surface area contributed by atoms with Crippen LogP contribution >= 0.6 is 0 Å². The van der Waals surface area contributed by atoms with Gasteiger partial charge >= 0.3 is 0 Å². The summed E-state index contributed by atoms with van der Waals surface area (Å²) in [7, 11) is 3.12. The zero-order chi connectivity index (χ0) is 19.2. The van der Waals surface area contributed by atoms with Crippen LogP contribution < -0.4 is 19.7 Å². The van der Waals surface area contributed by atoms with Crippen LogP contribution in [0.15, 0.2) is 30.6 Å². The molecule has 1 amide bonds. The Bertz CT molecular complexity index is 773. The molecule has 8 nitrogen and oxygen atoms in total. The monoisotopic (exact) mass is 371 g/mol. The summed E-state index contributed by atoms with van der Waals surface area (Å²) in [6.07, 6.45) is 3.10. The van der Waals surface area contributed by atoms with E-state index in [1.54, 1.807) is 44.8 Å². The Morgan fingerprint density at radius 1 is 1.11 bits per heavy atom. The van der Waals surface area contributed by atoms with Crippen molar-refractivity contribution in [1.29, 1.82) is 0 Å². The van der Waals surface area contributed by atoms with E-state index in [2.05, 4.69) is 32.0 Å². The van der Waals surface area contributed by atoms with Crippen LogP contribution in [0.5, 0.6) is 11.5 Å². The summed E-state index contributed by atoms with van der Waals surface area (Å²) in [5.74, 6) is 1.53. The number of methoxy groups -OCH3 is 2. The van der Waals surface area contributed by atoms with Crippen molar-refractivity contribution in [3.05, 3.63) is 36.2 Å². The lowest BCUT2D eigenvalue weighted by atomic mass is 10.2. The van der Waals surface area contributed by atoms with E-state index in [0.29, 0.717) is 28.7 Å². The number of piperazine rings is 1. The molecule has 8 heteroatoms. The van der Waals surface area contributed by atoms with Crippen molar-refractivity contribution in [1.82, 2.24) is 14.9 Å². The van der Waals surface area contributed by atoms with Gasteiger partial charge in [0.1, 0.15) is 11.5 Å². The highest BCUT2D eigenvalue weighted by atomic mass is 16.5. The summed E-state index contributed by atoms with van der Waals surface area (Å²) in [4.78, 5) is 25.8. The highest BCUT2D eigenvalue weighted by Gasteiger charge is 2.18. The van der Waals surface area contributed by atoms with E-state index in [4.69, 9.17) is 9.47 Å². The van der Waals surface area contributed by atoms with Gasteiger partial charge in [0.25, 0.3) is 5.91 Å². The smallest absolute Gasteiger partial charge is 0.258 e. The highest BCUT2D eigenvalue weighted by Crippen LogP contribution is 2.29. The van der Waals surface area contributed by atoms with E-state index in [0.717, 1.165) is 32.7 Å². The van der Waals surface area contributed by atoms with Gasteiger partial charge in [-0.1, -0.05) is 6.92 Å². The number of likely N-dealkylation sites (N-methyl/N-ethyl adjacent to an activating group) is 1. The predicted molar refractivity (Wildman–Crippen MR) is 104 cm³/mol. The van der Waals surface area contributed by atoms with Gasteiger partial charge in [-0.3, -0.25) is 4.79 Å². The second-order valence-electron chi connectivity index (χ2n) is 6.21. The molecule has 1 aromatic heterocycles. The van der Waals surface area contributed by atoms with Crippen LogP contribution in [0.2, 0.25) is 0 Å². The first-order valence-corrected chi connectivity index (χ1v) is 8.97. The zero-order valence-corrected chi connectivity index (χ0v) is 15.9. The summed E-state index contributed by atoms with van der Waals surface area (Å²) in [5.41, 5.74) is 0.914. The average molecular weight is 371 g/mol. The fourth-order valence-corrected chi connectivity index (χ4v) is 2.97. The molecule has 1 aliphatic heterocycles. The minimum absolute atomic E-state index is 0.302. The van der Waals surface area contributed by atoms with Gasteiger partial charge in [-0.05, 0) is 18.7 Å². The Morgan fingerprint density at radius 2 is 1.81 bits per heavy atom. The number of aromatic nitrogens is 2. The SMILES string of the molecule is CCN1CCN(c2ncc(C(=O)Nc3cc(OC)ccc3OC)cn2)CC1. The predicted octanol–water partition coefficient (Wildman–Crippen LogP) is 1.89. The number of carbonyl (C=O) groups excluding carboxylic acids is 1. The summed E-state index contributed by atoms with van der Waals surface area (Å²) in [6.45, 7) is 6.99. The van der Waals surface area contributed by atoms with Crippen LogP contribution in [-0.2, 0) is 0 Å². The molecule has 0 unspecified atom stereocenters. The fourth-order valence-electron chi connectivity index (χ4n) is 2.97. The maximum Gasteiger partial charge on any atom is 0.258 e. The van der Waals surface area contributed by atoms with Gasteiger partial charge in [0.2, 0.25) is 5.95 Å². The van der Waals surface area contributed by atoms with E-state index < -0.39 is 0 Å². The molecule has 2 heterocycles. The minimum atomic E-state index is -0.302. The number of hydrogen-bond acceptors (Lipinski definition) is 7. The van der Waals surface area contributed by atoms with Gasteiger partial charge < -0.3 is 24.6 Å². The first kappa shape index (κ1) is 18.9. The van der Waals surface area contributed by atoms with E-state index in [-0.39, 0.29) is 5.91 Å². The number of rotatable bonds is 6. The largest absolute Gasteiger partial charge is 0.497 e. The lowest BCUT2D eigenvalue weighted by molar-refractivity contribution is 0.102. The average Bonchev–Trinajstić information content (AvgIpc) is 2.73. The molecular formula is C19H25N5O3. The Balaban J connectivity index is 1.68. The summed E-state index contributed by atoms with van der Waals surface area (Å²) < 4.78 is 10.5. The second-order valence-corrected chi connectivity index (χ2v) is 6.21. The first-order chi connectivity index (χ1) is 13.1. The Morgan fingerprint density at radius 3 is 2.41 bits per heavy atom. The lowest BCUT2D eigenvalue weighted by Gasteiger charge is -2.33. The normalized spacial score (nSPS) is 14.7. The summed E-state index contributed by atoms with van der Waals surface area (Å²) >= 11 is 0. The van der Waals surface area contributed by atoms with Crippen LogP contribution in [0.4, 0.5) is 11.6 Å². The van der Waals surface area contributed by atoms with Crippen molar-refractivity contribution in [2.24, 2.45) is 0 Å². The molecule has 1 saturated heterocycles. The van der Waals surface area contributed by atoms with Gasteiger partial charge in [-0.15, -0.1) is 0 Å². The van der Waals surface area contributed by atoms with Crippen LogP contribution in [0.1, 0.15) is 17.3 Å². The molecule has 1 aromatic carbocycles. The zero-order valence-electron chi connectivity index (χ0n) is 15.9. The Kier molecular flexibility index (Phi) is 6.08. The number of benzene rings is 1. The number of hydrogen-bond donors (Lipinski definition) is 1. The molecule has 1 fully saturated rings. The molecule has 0 saturated carbocycles. The van der Waals surface area contributed by atoms with Gasteiger partial charge in [0.15, 0.2) is 0 Å². The molecule has 2 aromatic rings. The van der Waals surface area contributed by atoms with Gasteiger partial charge in [-0.2, -0.15) is 0 Å². The molecule has 0 bridgehead atoms. The van der Waals surface area contributed by atoms with Crippen LogP contribution in [-0.4, -0.2) is 67.7 Å². The molecule has 1 N–H and O–H groups in total.